The highest BCUT2D eigenvalue weighted by Crippen LogP contribution is 2.25. The van der Waals surface area contributed by atoms with Gasteiger partial charge < -0.3 is 5.11 Å². The molecule has 0 unspecified atom stereocenters. The smallest absolute Gasteiger partial charge is 0.273 e. The van der Waals surface area contributed by atoms with Crippen LogP contribution in [0.25, 0.3) is 0 Å². The summed E-state index contributed by atoms with van der Waals surface area (Å²) >= 11 is 2.41. The van der Waals surface area contributed by atoms with Crippen LogP contribution < -0.4 is 4.72 Å². The van der Waals surface area contributed by atoms with Crippen molar-refractivity contribution in [3.05, 3.63) is 28.1 Å². The Morgan fingerprint density at radius 1 is 1.44 bits per heavy atom. The zero-order chi connectivity index (χ0) is 13.2. The average Bonchev–Trinajstić information content (AvgIpc) is 2.88. The summed E-state index contributed by atoms with van der Waals surface area (Å²) in [5.74, 6) is 0. The van der Waals surface area contributed by atoms with Crippen LogP contribution in [0.1, 0.15) is 10.6 Å². The second-order valence-corrected chi connectivity index (χ2v) is 7.53. The first-order valence-corrected chi connectivity index (χ1v) is 8.34. The highest BCUT2D eigenvalue weighted by Gasteiger charge is 2.18. The molecule has 0 saturated carbocycles. The van der Waals surface area contributed by atoms with Crippen molar-refractivity contribution in [2.75, 3.05) is 11.3 Å². The molecule has 5 nitrogen and oxygen atoms in total. The Balaban J connectivity index is 2.19. The zero-order valence-corrected chi connectivity index (χ0v) is 12.0. The summed E-state index contributed by atoms with van der Waals surface area (Å²) in [5, 5.41) is 10.9. The Morgan fingerprint density at radius 2 is 2.22 bits per heavy atom. The van der Waals surface area contributed by atoms with Crippen LogP contribution in [0.3, 0.4) is 0 Å². The average molecular weight is 304 g/mol. The highest BCUT2D eigenvalue weighted by atomic mass is 32.2. The van der Waals surface area contributed by atoms with Gasteiger partial charge in [-0.1, -0.05) is 0 Å². The Morgan fingerprint density at radius 3 is 2.83 bits per heavy atom. The summed E-state index contributed by atoms with van der Waals surface area (Å²) in [7, 11) is -3.56. The van der Waals surface area contributed by atoms with E-state index in [0.717, 1.165) is 21.9 Å². The maximum atomic E-state index is 12.0. The molecule has 0 atom stereocenters. The molecule has 0 aliphatic rings. The van der Waals surface area contributed by atoms with Crippen molar-refractivity contribution in [1.82, 2.24) is 4.98 Å². The van der Waals surface area contributed by atoms with Crippen LogP contribution in [-0.4, -0.2) is 25.1 Å². The molecule has 0 aliphatic carbocycles. The van der Waals surface area contributed by atoms with Crippen LogP contribution >= 0.6 is 22.7 Å². The summed E-state index contributed by atoms with van der Waals surface area (Å²) in [6.07, 6.45) is 0.469. The Bertz CT molecular complexity index is 630. The van der Waals surface area contributed by atoms with E-state index in [1.807, 2.05) is 0 Å². The van der Waals surface area contributed by atoms with E-state index in [1.165, 1.54) is 11.3 Å². The third-order valence-corrected chi connectivity index (χ3v) is 6.08. The van der Waals surface area contributed by atoms with Crippen molar-refractivity contribution in [1.29, 1.82) is 0 Å². The second kappa shape index (κ2) is 5.35. The number of anilines is 1. The third kappa shape index (κ3) is 3.08. The number of aryl methyl sites for hydroxylation is 1. The molecule has 2 aromatic heterocycles. The first-order chi connectivity index (χ1) is 8.51. The number of thiophene rings is 1. The molecule has 0 radical (unpaired) electrons. The third-order valence-electron chi connectivity index (χ3n) is 2.10. The van der Waals surface area contributed by atoms with E-state index in [-0.39, 0.29) is 10.8 Å². The van der Waals surface area contributed by atoms with Gasteiger partial charge in [0.05, 0.1) is 5.69 Å². The maximum absolute atomic E-state index is 12.0. The van der Waals surface area contributed by atoms with E-state index in [1.54, 1.807) is 24.4 Å². The number of aromatic nitrogens is 1. The molecule has 0 aromatic carbocycles. The summed E-state index contributed by atoms with van der Waals surface area (Å²) in [6.45, 7) is 1.82. The van der Waals surface area contributed by atoms with Crippen LogP contribution in [-0.2, 0) is 16.4 Å². The molecule has 8 heteroatoms. The molecular formula is C10H12N2O3S3. The molecular weight excluding hydrogens is 292 g/mol. The molecule has 2 aromatic rings. The van der Waals surface area contributed by atoms with Crippen LogP contribution in [0.15, 0.2) is 21.7 Å². The van der Waals surface area contributed by atoms with E-state index in [9.17, 15) is 8.42 Å². The highest BCUT2D eigenvalue weighted by molar-refractivity contribution is 7.94. The van der Waals surface area contributed by atoms with Gasteiger partial charge >= 0.3 is 0 Å². The van der Waals surface area contributed by atoms with Gasteiger partial charge in [-0.15, -0.1) is 22.7 Å². The Kier molecular flexibility index (Phi) is 4.00. The van der Waals surface area contributed by atoms with Crippen molar-refractivity contribution in [3.63, 3.8) is 0 Å². The van der Waals surface area contributed by atoms with Gasteiger partial charge in [0.25, 0.3) is 10.0 Å². The Labute approximate surface area is 113 Å². The molecule has 98 valence electrons. The van der Waals surface area contributed by atoms with Gasteiger partial charge in [-0.05, 0) is 19.1 Å². The van der Waals surface area contributed by atoms with Gasteiger partial charge in [0, 0.05) is 23.3 Å². The van der Waals surface area contributed by atoms with Crippen LogP contribution in [0.2, 0.25) is 0 Å². The minimum absolute atomic E-state index is 0.0130. The molecule has 18 heavy (non-hydrogen) atoms. The van der Waals surface area contributed by atoms with Gasteiger partial charge in [-0.25, -0.2) is 13.4 Å². The number of sulfonamides is 1. The van der Waals surface area contributed by atoms with E-state index >= 15 is 0 Å². The number of nitrogens with one attached hydrogen (secondary N) is 1. The van der Waals surface area contributed by atoms with E-state index in [4.69, 9.17) is 5.11 Å². The molecule has 0 saturated heterocycles. The van der Waals surface area contributed by atoms with Crippen LogP contribution in [0.5, 0.6) is 0 Å². The monoisotopic (exact) mass is 304 g/mol. The van der Waals surface area contributed by atoms with Gasteiger partial charge in [0.2, 0.25) is 0 Å². The predicted molar refractivity (Wildman–Crippen MR) is 72.8 cm³/mol. The number of nitrogens with zero attached hydrogens (tertiary/aromatic N) is 1. The Hall–Kier alpha value is -0.960. The molecule has 2 N–H and O–H groups in total. The van der Waals surface area contributed by atoms with Gasteiger partial charge in [-0.3, -0.25) is 4.72 Å². The lowest BCUT2D eigenvalue weighted by Crippen LogP contribution is -2.11. The molecule has 0 fully saturated rings. The first-order valence-electron chi connectivity index (χ1n) is 5.16. The minimum atomic E-state index is -3.56. The molecule has 0 amide bonds. The number of aliphatic hydroxyl groups excluding tert-OH is 1. The van der Waals surface area contributed by atoms with Gasteiger partial charge in [-0.2, -0.15) is 0 Å². The minimum Gasteiger partial charge on any atom is -0.396 e. The number of rotatable bonds is 5. The lowest BCUT2D eigenvalue weighted by Gasteiger charge is -2.01. The summed E-state index contributed by atoms with van der Waals surface area (Å²) in [4.78, 5) is 4.90. The lowest BCUT2D eigenvalue weighted by atomic mass is 10.4. The number of thiazole rings is 1. The molecule has 0 spiro atoms. The summed E-state index contributed by atoms with van der Waals surface area (Å²) < 4.78 is 26.7. The van der Waals surface area contributed by atoms with Gasteiger partial charge in [0.1, 0.15) is 4.21 Å². The first kappa shape index (κ1) is 13.5. The number of hydrogen-bond donors (Lipinski definition) is 2. The summed E-state index contributed by atoms with van der Waals surface area (Å²) in [6, 6.07) is 3.25. The van der Waals surface area contributed by atoms with Crippen LogP contribution in [0, 0.1) is 6.92 Å². The van der Waals surface area contributed by atoms with Crippen molar-refractivity contribution < 1.29 is 13.5 Å². The SMILES string of the molecule is Cc1csc(NS(=O)(=O)c2ccc(CCO)s2)n1. The molecule has 0 aliphatic heterocycles. The summed E-state index contributed by atoms with van der Waals surface area (Å²) in [5.41, 5.74) is 0.782. The van der Waals surface area contributed by atoms with Crippen LogP contribution in [0.4, 0.5) is 5.13 Å². The predicted octanol–water partition coefficient (Wildman–Crippen LogP) is 1.85. The van der Waals surface area contributed by atoms with Crippen molar-refractivity contribution in [2.45, 2.75) is 17.6 Å². The largest absolute Gasteiger partial charge is 0.396 e. The fourth-order valence-electron chi connectivity index (χ4n) is 1.31. The van der Waals surface area contributed by atoms with E-state index < -0.39 is 10.0 Å². The molecule has 2 rings (SSSR count). The zero-order valence-electron chi connectivity index (χ0n) is 9.58. The van der Waals surface area contributed by atoms with E-state index in [0.29, 0.717) is 11.6 Å². The second-order valence-electron chi connectivity index (χ2n) is 3.59. The molecule has 0 bridgehead atoms. The standard InChI is InChI=1S/C10H12N2O3S3/c1-7-6-16-10(11-7)12-18(14,15)9-3-2-8(17-9)4-5-13/h2-3,6,13H,4-5H2,1H3,(H,11,12). The van der Waals surface area contributed by atoms with Crippen molar-refractivity contribution in [2.24, 2.45) is 0 Å². The number of hydrogen-bond acceptors (Lipinski definition) is 6. The topological polar surface area (TPSA) is 79.3 Å². The van der Waals surface area contributed by atoms with Gasteiger partial charge in [0.15, 0.2) is 5.13 Å². The van der Waals surface area contributed by atoms with E-state index in [2.05, 4.69) is 9.71 Å². The van der Waals surface area contributed by atoms with Crippen molar-refractivity contribution >= 4 is 37.8 Å². The lowest BCUT2D eigenvalue weighted by molar-refractivity contribution is 0.300. The number of aliphatic hydroxyl groups is 1. The quantitative estimate of drug-likeness (QED) is 0.883. The van der Waals surface area contributed by atoms with Crippen molar-refractivity contribution in [3.8, 4) is 0 Å². The fraction of sp³-hybridized carbons (Fsp3) is 0.300. The fourth-order valence-corrected chi connectivity index (χ4v) is 4.60. The maximum Gasteiger partial charge on any atom is 0.273 e. The normalized spacial score (nSPS) is 11.7. The molecule has 2 heterocycles.